The summed E-state index contributed by atoms with van der Waals surface area (Å²) in [5.41, 5.74) is 1.27. The molecule has 0 aliphatic rings. The van der Waals surface area contributed by atoms with E-state index in [4.69, 9.17) is 11.6 Å². The van der Waals surface area contributed by atoms with Crippen LogP contribution >= 0.6 is 11.6 Å². The van der Waals surface area contributed by atoms with Crippen molar-refractivity contribution in [2.24, 2.45) is 0 Å². The zero-order chi connectivity index (χ0) is 21.1. The van der Waals surface area contributed by atoms with Crippen LogP contribution in [0.25, 0.3) is 10.9 Å². The van der Waals surface area contributed by atoms with Crippen LogP contribution in [0.2, 0.25) is 5.02 Å². The minimum atomic E-state index is -4.32. The number of para-hydroxylation sites is 1. The van der Waals surface area contributed by atoms with Crippen LogP contribution in [0.15, 0.2) is 78.1 Å². The fourth-order valence-corrected chi connectivity index (χ4v) is 4.36. The molecular weight excluding hydrogens is 425 g/mol. The van der Waals surface area contributed by atoms with E-state index in [-0.39, 0.29) is 16.2 Å². The van der Waals surface area contributed by atoms with Crippen LogP contribution < -0.4 is 4.72 Å². The Kier molecular flexibility index (Phi) is 5.36. The van der Waals surface area contributed by atoms with Gasteiger partial charge in [-0.25, -0.2) is 12.8 Å². The van der Waals surface area contributed by atoms with Crippen LogP contribution in [-0.4, -0.2) is 18.4 Å². The van der Waals surface area contributed by atoms with Crippen molar-refractivity contribution in [2.45, 2.75) is 4.90 Å². The molecular formula is C22H13ClFN3O2S. The fraction of sp³-hybridized carbons (Fsp3) is 0. The van der Waals surface area contributed by atoms with Gasteiger partial charge in [-0.3, -0.25) is 14.7 Å². The highest BCUT2D eigenvalue weighted by Crippen LogP contribution is 2.30. The maximum absolute atomic E-state index is 14.6. The first kappa shape index (κ1) is 19.8. The quantitative estimate of drug-likeness (QED) is 0.474. The molecule has 2 aromatic carbocycles. The van der Waals surface area contributed by atoms with E-state index in [1.165, 1.54) is 18.3 Å². The molecule has 8 heteroatoms. The lowest BCUT2D eigenvalue weighted by Crippen LogP contribution is -2.16. The summed E-state index contributed by atoms with van der Waals surface area (Å²) in [6, 6.07) is 14.1. The normalized spacial score (nSPS) is 11.0. The number of aromatic nitrogens is 2. The van der Waals surface area contributed by atoms with Gasteiger partial charge in [-0.1, -0.05) is 35.6 Å². The maximum atomic E-state index is 14.6. The van der Waals surface area contributed by atoms with Crippen LogP contribution in [0.3, 0.4) is 0 Å². The molecule has 0 radical (unpaired) electrons. The molecule has 30 heavy (non-hydrogen) atoms. The first-order valence-electron chi connectivity index (χ1n) is 8.72. The predicted octanol–water partition coefficient (Wildman–Crippen LogP) is 4.62. The van der Waals surface area contributed by atoms with Crippen molar-refractivity contribution in [3.8, 4) is 11.8 Å². The molecule has 2 aromatic heterocycles. The summed E-state index contributed by atoms with van der Waals surface area (Å²) in [5.74, 6) is 4.91. The zero-order valence-electron chi connectivity index (χ0n) is 15.3. The number of halogens is 2. The lowest BCUT2D eigenvalue weighted by atomic mass is 10.2. The van der Waals surface area contributed by atoms with Gasteiger partial charge in [-0.2, -0.15) is 0 Å². The van der Waals surface area contributed by atoms with E-state index < -0.39 is 20.7 Å². The largest absolute Gasteiger partial charge is 0.278 e. The number of sulfonamides is 1. The molecule has 0 amide bonds. The summed E-state index contributed by atoms with van der Waals surface area (Å²) in [5, 5.41) is 0.616. The van der Waals surface area contributed by atoms with Crippen molar-refractivity contribution in [1.29, 1.82) is 0 Å². The molecule has 1 N–H and O–H groups in total. The molecule has 0 aliphatic heterocycles. The van der Waals surface area contributed by atoms with E-state index >= 15 is 0 Å². The van der Waals surface area contributed by atoms with Crippen molar-refractivity contribution in [3.63, 3.8) is 0 Å². The number of hydrogen-bond acceptors (Lipinski definition) is 4. The maximum Gasteiger partial charge on any atom is 0.267 e. The zero-order valence-corrected chi connectivity index (χ0v) is 16.9. The second-order valence-electron chi connectivity index (χ2n) is 6.21. The third-order valence-corrected chi connectivity index (χ3v) is 5.95. The van der Waals surface area contributed by atoms with E-state index in [0.717, 1.165) is 6.07 Å². The summed E-state index contributed by atoms with van der Waals surface area (Å²) in [4.78, 5) is 7.45. The van der Waals surface area contributed by atoms with Crippen molar-refractivity contribution < 1.29 is 12.8 Å². The van der Waals surface area contributed by atoms with Crippen molar-refractivity contribution in [3.05, 3.63) is 95.2 Å². The predicted molar refractivity (Wildman–Crippen MR) is 114 cm³/mol. The molecule has 0 fully saturated rings. The van der Waals surface area contributed by atoms with E-state index in [0.29, 0.717) is 16.5 Å². The first-order chi connectivity index (χ1) is 14.5. The third kappa shape index (κ3) is 3.96. The van der Waals surface area contributed by atoms with Crippen molar-refractivity contribution in [2.75, 3.05) is 4.72 Å². The number of nitrogens with one attached hydrogen (secondary N) is 1. The average Bonchev–Trinajstić information content (AvgIpc) is 2.73. The summed E-state index contributed by atoms with van der Waals surface area (Å²) in [7, 11) is -4.32. The van der Waals surface area contributed by atoms with E-state index in [2.05, 4.69) is 26.5 Å². The molecule has 4 rings (SSSR count). The second-order valence-corrected chi connectivity index (χ2v) is 8.23. The Morgan fingerprint density at radius 2 is 1.80 bits per heavy atom. The molecule has 0 bridgehead atoms. The van der Waals surface area contributed by atoms with Gasteiger partial charge in [0.1, 0.15) is 10.7 Å². The molecule has 4 aromatic rings. The monoisotopic (exact) mass is 437 g/mol. The van der Waals surface area contributed by atoms with Gasteiger partial charge in [0, 0.05) is 35.1 Å². The van der Waals surface area contributed by atoms with Gasteiger partial charge >= 0.3 is 0 Å². The standard InChI is InChI=1S/C22H13ClFN3O2S/c23-18-11-13-26-21-17(18)9-10-19(24)22(21)30(28,29)27-20-6-2-1-5-16(20)8-7-15-4-3-12-25-14-15/h1-6,9-14,27H. The number of pyridine rings is 2. The second kappa shape index (κ2) is 8.11. The minimum Gasteiger partial charge on any atom is -0.278 e. The highest BCUT2D eigenvalue weighted by atomic mass is 35.5. The van der Waals surface area contributed by atoms with E-state index in [1.807, 2.05) is 0 Å². The van der Waals surface area contributed by atoms with Crippen LogP contribution in [0, 0.1) is 17.7 Å². The number of hydrogen-bond donors (Lipinski definition) is 1. The summed E-state index contributed by atoms with van der Waals surface area (Å²) in [6.45, 7) is 0. The van der Waals surface area contributed by atoms with Gasteiger partial charge in [0.15, 0.2) is 0 Å². The molecule has 148 valence electrons. The Morgan fingerprint density at radius 3 is 2.60 bits per heavy atom. The molecule has 0 unspecified atom stereocenters. The number of rotatable bonds is 3. The Hall–Kier alpha value is -3.47. The van der Waals surface area contributed by atoms with E-state index in [9.17, 15) is 12.8 Å². The van der Waals surface area contributed by atoms with Gasteiger partial charge in [0.05, 0.1) is 16.2 Å². The summed E-state index contributed by atoms with van der Waals surface area (Å²) >= 11 is 6.12. The summed E-state index contributed by atoms with van der Waals surface area (Å²) < 4.78 is 43.2. The van der Waals surface area contributed by atoms with Gasteiger partial charge in [0.25, 0.3) is 10.0 Å². The van der Waals surface area contributed by atoms with Crippen LogP contribution in [0.1, 0.15) is 11.1 Å². The van der Waals surface area contributed by atoms with Crippen LogP contribution in [0.4, 0.5) is 10.1 Å². The first-order valence-corrected chi connectivity index (χ1v) is 10.6. The average molecular weight is 438 g/mol. The van der Waals surface area contributed by atoms with Crippen LogP contribution in [0.5, 0.6) is 0 Å². The van der Waals surface area contributed by atoms with Crippen LogP contribution in [-0.2, 0) is 10.0 Å². The minimum absolute atomic E-state index is 0.0473. The highest BCUT2D eigenvalue weighted by Gasteiger charge is 2.25. The number of anilines is 1. The van der Waals surface area contributed by atoms with E-state index in [1.54, 1.807) is 48.8 Å². The lowest BCUT2D eigenvalue weighted by Gasteiger charge is -2.12. The molecule has 5 nitrogen and oxygen atoms in total. The SMILES string of the molecule is O=S(=O)(Nc1ccccc1C#Cc1cccnc1)c1c(F)ccc2c(Cl)ccnc12. The molecule has 0 spiro atoms. The molecule has 2 heterocycles. The number of fused-ring (bicyclic) bond motifs is 1. The molecule has 0 aliphatic carbocycles. The van der Waals surface area contributed by atoms with Crippen molar-refractivity contribution >= 4 is 38.2 Å². The van der Waals surface area contributed by atoms with Gasteiger partial charge < -0.3 is 0 Å². The van der Waals surface area contributed by atoms with Gasteiger partial charge in [0.2, 0.25) is 0 Å². The molecule has 0 atom stereocenters. The Balaban J connectivity index is 1.78. The number of nitrogens with zero attached hydrogens (tertiary/aromatic N) is 2. The van der Waals surface area contributed by atoms with Crippen molar-refractivity contribution in [1.82, 2.24) is 9.97 Å². The Morgan fingerprint density at radius 1 is 0.967 bits per heavy atom. The fourth-order valence-electron chi connectivity index (χ4n) is 2.84. The molecule has 0 saturated carbocycles. The Bertz CT molecular complexity index is 1420. The highest BCUT2D eigenvalue weighted by molar-refractivity contribution is 7.93. The third-order valence-electron chi connectivity index (χ3n) is 4.21. The topological polar surface area (TPSA) is 72.0 Å². The number of benzene rings is 2. The summed E-state index contributed by atoms with van der Waals surface area (Å²) in [6.07, 6.45) is 4.56. The lowest BCUT2D eigenvalue weighted by molar-refractivity contribution is 0.573. The Labute approximate surface area is 177 Å². The smallest absolute Gasteiger partial charge is 0.267 e. The molecule has 0 saturated heterocycles. The van der Waals surface area contributed by atoms with Gasteiger partial charge in [-0.05, 0) is 42.5 Å². The van der Waals surface area contributed by atoms with Gasteiger partial charge in [-0.15, -0.1) is 0 Å².